The molecular weight excluding hydrogens is 220 g/mol. The average Bonchev–Trinajstić information content (AvgIpc) is 2.77. The largest absolute Gasteiger partial charge is 0.480 e. The highest BCUT2D eigenvalue weighted by Crippen LogP contribution is 2.27. The Labute approximate surface area is 102 Å². The van der Waals surface area contributed by atoms with Gasteiger partial charge in [0.15, 0.2) is 0 Å². The second-order valence-electron chi connectivity index (χ2n) is 5.35. The van der Waals surface area contributed by atoms with Gasteiger partial charge in [0.05, 0.1) is 5.41 Å². The van der Waals surface area contributed by atoms with E-state index < -0.39 is 11.4 Å². The molecule has 98 valence electrons. The molecule has 0 spiro atoms. The highest BCUT2D eigenvalue weighted by atomic mass is 16.4. The molecule has 0 aromatic rings. The molecule has 0 saturated heterocycles. The summed E-state index contributed by atoms with van der Waals surface area (Å²) in [7, 11) is 0. The van der Waals surface area contributed by atoms with E-state index in [-0.39, 0.29) is 25.0 Å². The molecule has 1 rings (SSSR count). The summed E-state index contributed by atoms with van der Waals surface area (Å²) < 4.78 is 0. The van der Waals surface area contributed by atoms with E-state index in [9.17, 15) is 9.59 Å². The quantitative estimate of drug-likeness (QED) is 0.748. The summed E-state index contributed by atoms with van der Waals surface area (Å²) in [4.78, 5) is 24.7. The lowest BCUT2D eigenvalue weighted by Gasteiger charge is -2.34. The molecule has 1 aliphatic rings. The molecule has 1 saturated carbocycles. The third kappa shape index (κ3) is 3.43. The van der Waals surface area contributed by atoms with Crippen molar-refractivity contribution in [2.45, 2.75) is 45.6 Å². The topological polar surface area (TPSA) is 83.6 Å². The van der Waals surface area contributed by atoms with Gasteiger partial charge in [0, 0.05) is 12.6 Å². The molecule has 0 aliphatic heterocycles. The number of amides is 1. The fourth-order valence-electron chi connectivity index (χ4n) is 2.20. The lowest BCUT2D eigenvalue weighted by Crippen LogP contribution is -2.50. The molecule has 5 heteroatoms. The SMILES string of the molecule is CC(C)(CN)C(=O)N(CC(=O)O)C1CCCC1. The molecule has 0 atom stereocenters. The molecule has 5 nitrogen and oxygen atoms in total. The summed E-state index contributed by atoms with van der Waals surface area (Å²) in [6.45, 7) is 3.54. The minimum absolute atomic E-state index is 0.0735. The second-order valence-corrected chi connectivity index (χ2v) is 5.35. The van der Waals surface area contributed by atoms with E-state index in [1.807, 2.05) is 0 Å². The van der Waals surface area contributed by atoms with Gasteiger partial charge in [-0.2, -0.15) is 0 Å². The molecule has 0 bridgehead atoms. The highest BCUT2D eigenvalue weighted by Gasteiger charge is 2.36. The van der Waals surface area contributed by atoms with Gasteiger partial charge in [-0.3, -0.25) is 9.59 Å². The Morgan fingerprint density at radius 2 is 1.88 bits per heavy atom. The molecule has 17 heavy (non-hydrogen) atoms. The van der Waals surface area contributed by atoms with Crippen molar-refractivity contribution in [3.8, 4) is 0 Å². The van der Waals surface area contributed by atoms with Crippen LogP contribution < -0.4 is 5.73 Å². The van der Waals surface area contributed by atoms with Crippen LogP contribution in [0.5, 0.6) is 0 Å². The molecule has 0 aromatic heterocycles. The van der Waals surface area contributed by atoms with Gasteiger partial charge in [0.1, 0.15) is 6.54 Å². The van der Waals surface area contributed by atoms with E-state index in [0.29, 0.717) is 0 Å². The van der Waals surface area contributed by atoms with Gasteiger partial charge in [-0.05, 0) is 26.7 Å². The first-order valence-corrected chi connectivity index (χ1v) is 6.11. The Morgan fingerprint density at radius 1 is 1.35 bits per heavy atom. The van der Waals surface area contributed by atoms with Gasteiger partial charge >= 0.3 is 5.97 Å². The third-order valence-corrected chi connectivity index (χ3v) is 3.42. The summed E-state index contributed by atoms with van der Waals surface area (Å²) in [5.74, 6) is -1.10. The first-order valence-electron chi connectivity index (χ1n) is 6.11. The van der Waals surface area contributed by atoms with Crippen molar-refractivity contribution in [1.29, 1.82) is 0 Å². The molecule has 0 heterocycles. The van der Waals surface area contributed by atoms with E-state index in [1.54, 1.807) is 13.8 Å². The molecule has 0 unspecified atom stereocenters. The van der Waals surface area contributed by atoms with Crippen molar-refractivity contribution in [3.05, 3.63) is 0 Å². The van der Waals surface area contributed by atoms with E-state index in [1.165, 1.54) is 4.90 Å². The van der Waals surface area contributed by atoms with Gasteiger partial charge in [-0.1, -0.05) is 12.8 Å². The van der Waals surface area contributed by atoms with Gasteiger partial charge in [0.2, 0.25) is 5.91 Å². The van der Waals surface area contributed by atoms with Crippen molar-refractivity contribution >= 4 is 11.9 Å². The summed E-state index contributed by atoms with van der Waals surface area (Å²) >= 11 is 0. The molecule has 1 fully saturated rings. The van der Waals surface area contributed by atoms with Crippen molar-refractivity contribution in [2.24, 2.45) is 11.1 Å². The van der Waals surface area contributed by atoms with Crippen molar-refractivity contribution in [3.63, 3.8) is 0 Å². The minimum atomic E-state index is -0.960. The van der Waals surface area contributed by atoms with Crippen LogP contribution in [-0.4, -0.2) is 41.0 Å². The van der Waals surface area contributed by atoms with Crippen LogP contribution in [0.4, 0.5) is 0 Å². The third-order valence-electron chi connectivity index (χ3n) is 3.42. The lowest BCUT2D eigenvalue weighted by molar-refractivity contribution is -0.150. The molecule has 0 aromatic carbocycles. The fourth-order valence-corrected chi connectivity index (χ4v) is 2.20. The van der Waals surface area contributed by atoms with Crippen LogP contribution in [0.1, 0.15) is 39.5 Å². The van der Waals surface area contributed by atoms with Crippen molar-refractivity contribution < 1.29 is 14.7 Å². The summed E-state index contributed by atoms with van der Waals surface area (Å²) in [6, 6.07) is 0.0735. The Hall–Kier alpha value is -1.10. The Morgan fingerprint density at radius 3 is 2.29 bits per heavy atom. The molecule has 1 amide bonds. The zero-order valence-corrected chi connectivity index (χ0v) is 10.6. The van der Waals surface area contributed by atoms with Gasteiger partial charge in [0.25, 0.3) is 0 Å². The number of carboxylic acids is 1. The summed E-state index contributed by atoms with van der Waals surface area (Å²) in [5, 5.41) is 8.91. The van der Waals surface area contributed by atoms with Crippen LogP contribution in [0.3, 0.4) is 0 Å². The fraction of sp³-hybridized carbons (Fsp3) is 0.833. The van der Waals surface area contributed by atoms with Crippen LogP contribution in [0.25, 0.3) is 0 Å². The van der Waals surface area contributed by atoms with Crippen LogP contribution in [0.15, 0.2) is 0 Å². The average molecular weight is 242 g/mol. The van der Waals surface area contributed by atoms with Crippen LogP contribution in [0.2, 0.25) is 0 Å². The molecule has 3 N–H and O–H groups in total. The Bertz CT molecular complexity index is 296. The van der Waals surface area contributed by atoms with Gasteiger partial charge in [-0.25, -0.2) is 0 Å². The number of carboxylic acid groups (broad SMARTS) is 1. The highest BCUT2D eigenvalue weighted by molar-refractivity contribution is 5.86. The van der Waals surface area contributed by atoms with Gasteiger partial charge < -0.3 is 15.7 Å². The first-order chi connectivity index (χ1) is 7.88. The van der Waals surface area contributed by atoms with E-state index in [4.69, 9.17) is 10.8 Å². The maximum absolute atomic E-state index is 12.3. The van der Waals surface area contributed by atoms with Gasteiger partial charge in [-0.15, -0.1) is 0 Å². The summed E-state index contributed by atoms with van der Waals surface area (Å²) in [6.07, 6.45) is 3.94. The first kappa shape index (κ1) is 14.0. The number of hydrogen-bond acceptors (Lipinski definition) is 3. The molecular formula is C12H22N2O3. The monoisotopic (exact) mass is 242 g/mol. The normalized spacial score (nSPS) is 17.1. The molecule has 0 radical (unpaired) electrons. The van der Waals surface area contributed by atoms with E-state index in [0.717, 1.165) is 25.7 Å². The van der Waals surface area contributed by atoms with Crippen LogP contribution >= 0.6 is 0 Å². The standard InChI is InChI=1S/C12H22N2O3/c1-12(2,8-13)11(17)14(7-10(15)16)9-5-3-4-6-9/h9H,3-8,13H2,1-2H3,(H,15,16). The Kier molecular flexibility index (Phi) is 4.51. The smallest absolute Gasteiger partial charge is 0.323 e. The number of hydrogen-bond donors (Lipinski definition) is 2. The number of carbonyl (C=O) groups excluding carboxylic acids is 1. The van der Waals surface area contributed by atoms with E-state index in [2.05, 4.69) is 0 Å². The number of rotatable bonds is 5. The zero-order chi connectivity index (χ0) is 13.1. The number of nitrogens with zero attached hydrogens (tertiary/aromatic N) is 1. The maximum atomic E-state index is 12.3. The van der Waals surface area contributed by atoms with Crippen molar-refractivity contribution in [1.82, 2.24) is 4.90 Å². The number of aliphatic carboxylic acids is 1. The minimum Gasteiger partial charge on any atom is -0.480 e. The second kappa shape index (κ2) is 5.49. The Balaban J connectivity index is 2.81. The number of nitrogens with two attached hydrogens (primary N) is 1. The predicted molar refractivity (Wildman–Crippen MR) is 64.4 cm³/mol. The predicted octanol–water partition coefficient (Wildman–Crippen LogP) is 0.827. The number of carbonyl (C=O) groups is 2. The van der Waals surface area contributed by atoms with Crippen molar-refractivity contribution in [2.75, 3.05) is 13.1 Å². The maximum Gasteiger partial charge on any atom is 0.323 e. The summed E-state index contributed by atoms with van der Waals surface area (Å²) in [5.41, 5.74) is 4.90. The van der Waals surface area contributed by atoms with Crippen LogP contribution in [-0.2, 0) is 9.59 Å². The molecule has 1 aliphatic carbocycles. The van der Waals surface area contributed by atoms with Crippen LogP contribution in [0, 0.1) is 5.41 Å². The lowest BCUT2D eigenvalue weighted by atomic mass is 9.91. The zero-order valence-electron chi connectivity index (χ0n) is 10.6. The van der Waals surface area contributed by atoms with E-state index >= 15 is 0 Å².